The second-order valence-corrected chi connectivity index (χ2v) is 5.13. The molecule has 5 heteroatoms. The summed E-state index contributed by atoms with van der Waals surface area (Å²) in [5, 5.41) is 0. The number of benzene rings is 1. The van der Waals surface area contributed by atoms with Crippen molar-refractivity contribution in [2.75, 3.05) is 5.73 Å². The highest BCUT2D eigenvalue weighted by molar-refractivity contribution is 5.44. The van der Waals surface area contributed by atoms with Gasteiger partial charge in [-0.2, -0.15) is 0 Å². The van der Waals surface area contributed by atoms with E-state index >= 15 is 0 Å². The Bertz CT molecular complexity index is 596. The van der Waals surface area contributed by atoms with Crippen molar-refractivity contribution < 1.29 is 8.78 Å². The lowest BCUT2D eigenvalue weighted by Crippen LogP contribution is -2.09. The molecule has 2 rings (SSSR count). The summed E-state index contributed by atoms with van der Waals surface area (Å²) in [6.45, 7) is 5.90. The normalized spacial score (nSPS) is 11.1. The largest absolute Gasteiger partial charge is 0.383 e. The molecule has 0 atom stereocenters. The molecule has 1 aromatic carbocycles. The lowest BCUT2D eigenvalue weighted by molar-refractivity contribution is 0.580. The molecule has 0 aliphatic carbocycles. The Morgan fingerprint density at radius 2 is 1.70 bits per heavy atom. The van der Waals surface area contributed by atoms with Crippen LogP contribution in [0.5, 0.6) is 0 Å². The van der Waals surface area contributed by atoms with Crippen LogP contribution in [-0.4, -0.2) is 9.97 Å². The SMILES string of the molecule is Cc1nc(Cc2cc(F)cc(F)c2)nc(N)c1C(C)C. The summed E-state index contributed by atoms with van der Waals surface area (Å²) in [5.74, 6) is -0.0866. The van der Waals surface area contributed by atoms with Gasteiger partial charge in [0.1, 0.15) is 23.3 Å². The smallest absolute Gasteiger partial charge is 0.135 e. The van der Waals surface area contributed by atoms with Crippen molar-refractivity contribution in [2.24, 2.45) is 0 Å². The summed E-state index contributed by atoms with van der Waals surface area (Å²) < 4.78 is 26.3. The molecule has 2 aromatic rings. The van der Waals surface area contributed by atoms with Gasteiger partial charge >= 0.3 is 0 Å². The Morgan fingerprint density at radius 1 is 1.10 bits per heavy atom. The molecule has 0 radical (unpaired) electrons. The van der Waals surface area contributed by atoms with Gasteiger partial charge in [-0.25, -0.2) is 18.7 Å². The van der Waals surface area contributed by atoms with Gasteiger partial charge in [-0.1, -0.05) is 13.8 Å². The maximum absolute atomic E-state index is 13.2. The second kappa shape index (κ2) is 5.53. The van der Waals surface area contributed by atoms with E-state index in [1.807, 2.05) is 20.8 Å². The summed E-state index contributed by atoms with van der Waals surface area (Å²) in [6.07, 6.45) is 0.248. The van der Waals surface area contributed by atoms with Gasteiger partial charge in [0.2, 0.25) is 0 Å². The highest BCUT2D eigenvalue weighted by Gasteiger charge is 2.13. The molecule has 0 bridgehead atoms. The van der Waals surface area contributed by atoms with Crippen LogP contribution in [0.25, 0.3) is 0 Å². The molecule has 0 saturated carbocycles. The van der Waals surface area contributed by atoms with Gasteiger partial charge in [0.05, 0.1) is 0 Å². The molecule has 0 saturated heterocycles. The molecule has 1 aromatic heterocycles. The molecule has 0 aliphatic heterocycles. The summed E-state index contributed by atoms with van der Waals surface area (Å²) in [4.78, 5) is 8.61. The predicted molar refractivity (Wildman–Crippen MR) is 74.4 cm³/mol. The molecule has 20 heavy (non-hydrogen) atoms. The van der Waals surface area contributed by atoms with E-state index in [0.29, 0.717) is 17.2 Å². The zero-order valence-electron chi connectivity index (χ0n) is 11.7. The van der Waals surface area contributed by atoms with E-state index in [9.17, 15) is 8.78 Å². The minimum absolute atomic E-state index is 0.232. The third-order valence-electron chi connectivity index (χ3n) is 3.07. The van der Waals surface area contributed by atoms with Crippen LogP contribution in [0.3, 0.4) is 0 Å². The van der Waals surface area contributed by atoms with Crippen molar-refractivity contribution in [3.05, 3.63) is 52.5 Å². The Morgan fingerprint density at radius 3 is 2.20 bits per heavy atom. The summed E-state index contributed by atoms with van der Waals surface area (Å²) in [6, 6.07) is 3.38. The fraction of sp³-hybridized carbons (Fsp3) is 0.333. The average molecular weight is 277 g/mol. The zero-order valence-corrected chi connectivity index (χ0v) is 11.7. The molecule has 0 amide bonds. The quantitative estimate of drug-likeness (QED) is 0.936. The zero-order chi connectivity index (χ0) is 14.9. The predicted octanol–water partition coefficient (Wildman–Crippen LogP) is 3.36. The van der Waals surface area contributed by atoms with Crippen LogP contribution in [0.2, 0.25) is 0 Å². The van der Waals surface area contributed by atoms with Crippen LogP contribution in [0.1, 0.15) is 42.4 Å². The molecule has 0 fully saturated rings. The summed E-state index contributed by atoms with van der Waals surface area (Å²) >= 11 is 0. The van der Waals surface area contributed by atoms with Crippen molar-refractivity contribution in [3.8, 4) is 0 Å². The summed E-state index contributed by atoms with van der Waals surface area (Å²) in [5.41, 5.74) is 8.14. The first-order valence-electron chi connectivity index (χ1n) is 6.44. The third-order valence-corrected chi connectivity index (χ3v) is 3.07. The van der Waals surface area contributed by atoms with Gasteiger partial charge < -0.3 is 5.73 Å². The standard InChI is InChI=1S/C15H17F2N3/c1-8(2)14-9(3)19-13(20-15(14)18)6-10-4-11(16)7-12(17)5-10/h4-5,7-8H,6H2,1-3H3,(H2,18,19,20). The number of halogens is 2. The monoisotopic (exact) mass is 277 g/mol. The first kappa shape index (κ1) is 14.4. The van der Waals surface area contributed by atoms with E-state index in [4.69, 9.17) is 5.73 Å². The Labute approximate surface area is 116 Å². The van der Waals surface area contributed by atoms with Gasteiger partial charge in [-0.3, -0.25) is 0 Å². The Balaban J connectivity index is 2.35. The lowest BCUT2D eigenvalue weighted by Gasteiger charge is -2.13. The number of rotatable bonds is 3. The van der Waals surface area contributed by atoms with Crippen molar-refractivity contribution in [1.29, 1.82) is 0 Å². The number of aryl methyl sites for hydroxylation is 1. The molecule has 0 unspecified atom stereocenters. The maximum Gasteiger partial charge on any atom is 0.135 e. The minimum Gasteiger partial charge on any atom is -0.383 e. The molecular formula is C15H17F2N3. The van der Waals surface area contributed by atoms with E-state index in [1.165, 1.54) is 12.1 Å². The number of hydrogen-bond donors (Lipinski definition) is 1. The number of anilines is 1. The van der Waals surface area contributed by atoms with Crippen LogP contribution >= 0.6 is 0 Å². The van der Waals surface area contributed by atoms with Crippen LogP contribution in [0.15, 0.2) is 18.2 Å². The number of nitrogens with zero attached hydrogens (tertiary/aromatic N) is 2. The van der Waals surface area contributed by atoms with Crippen molar-refractivity contribution in [3.63, 3.8) is 0 Å². The van der Waals surface area contributed by atoms with Gasteiger partial charge in [-0.05, 0) is 30.5 Å². The van der Waals surface area contributed by atoms with Gasteiger partial charge in [0.15, 0.2) is 0 Å². The van der Waals surface area contributed by atoms with Gasteiger partial charge in [0.25, 0.3) is 0 Å². The van der Waals surface area contributed by atoms with Crippen molar-refractivity contribution >= 4 is 5.82 Å². The third kappa shape index (κ3) is 3.10. The summed E-state index contributed by atoms with van der Waals surface area (Å²) in [7, 11) is 0. The van der Waals surface area contributed by atoms with E-state index in [-0.39, 0.29) is 12.3 Å². The molecule has 2 N–H and O–H groups in total. The minimum atomic E-state index is -0.608. The molecule has 3 nitrogen and oxygen atoms in total. The van der Waals surface area contributed by atoms with Crippen molar-refractivity contribution in [2.45, 2.75) is 33.1 Å². The molecule has 1 heterocycles. The Hall–Kier alpha value is -2.04. The fourth-order valence-electron chi connectivity index (χ4n) is 2.35. The fourth-order valence-corrected chi connectivity index (χ4v) is 2.35. The molecule has 0 aliphatic rings. The van der Waals surface area contributed by atoms with Crippen LogP contribution < -0.4 is 5.73 Å². The number of nitrogens with two attached hydrogens (primary N) is 1. The van der Waals surface area contributed by atoms with E-state index in [2.05, 4.69) is 9.97 Å². The number of nitrogen functional groups attached to an aromatic ring is 1. The second-order valence-electron chi connectivity index (χ2n) is 5.13. The van der Waals surface area contributed by atoms with Crippen molar-refractivity contribution in [1.82, 2.24) is 9.97 Å². The number of aromatic nitrogens is 2. The molecule has 106 valence electrons. The molecule has 0 spiro atoms. The average Bonchev–Trinajstić information content (AvgIpc) is 2.25. The van der Waals surface area contributed by atoms with Crippen LogP contribution in [0, 0.1) is 18.6 Å². The highest BCUT2D eigenvalue weighted by Crippen LogP contribution is 2.23. The maximum atomic E-state index is 13.2. The van der Waals surface area contributed by atoms with Gasteiger partial charge in [-0.15, -0.1) is 0 Å². The topological polar surface area (TPSA) is 51.8 Å². The first-order valence-corrected chi connectivity index (χ1v) is 6.44. The number of hydrogen-bond acceptors (Lipinski definition) is 3. The lowest BCUT2D eigenvalue weighted by atomic mass is 10.0. The van der Waals surface area contributed by atoms with E-state index < -0.39 is 11.6 Å². The van der Waals surface area contributed by atoms with Crippen LogP contribution in [-0.2, 0) is 6.42 Å². The van der Waals surface area contributed by atoms with Gasteiger partial charge in [0, 0.05) is 23.7 Å². The highest BCUT2D eigenvalue weighted by atomic mass is 19.1. The Kier molecular flexibility index (Phi) is 3.97. The van der Waals surface area contributed by atoms with E-state index in [0.717, 1.165) is 17.3 Å². The van der Waals surface area contributed by atoms with E-state index in [1.54, 1.807) is 0 Å². The molecular weight excluding hydrogens is 260 g/mol. The van der Waals surface area contributed by atoms with Crippen LogP contribution in [0.4, 0.5) is 14.6 Å². The first-order chi connectivity index (χ1) is 9.36.